The summed E-state index contributed by atoms with van der Waals surface area (Å²) >= 11 is 0. The van der Waals surface area contributed by atoms with Crippen molar-refractivity contribution in [2.75, 3.05) is 13.1 Å². The van der Waals surface area contributed by atoms with Gasteiger partial charge in [0, 0.05) is 13.1 Å². The molecule has 1 unspecified atom stereocenters. The van der Waals surface area contributed by atoms with Crippen LogP contribution in [0.3, 0.4) is 0 Å². The third kappa shape index (κ3) is 3.11. The van der Waals surface area contributed by atoms with Crippen LogP contribution in [0.1, 0.15) is 41.5 Å². The van der Waals surface area contributed by atoms with Gasteiger partial charge in [0.1, 0.15) is 12.5 Å². The maximum atomic E-state index is 4.46. The maximum absolute atomic E-state index is 4.46. The van der Waals surface area contributed by atoms with E-state index in [1.807, 2.05) is 6.34 Å². The molecule has 0 aromatic rings. The second-order valence-corrected chi connectivity index (χ2v) is 5.88. The molecular weight excluding hydrogens is 186 g/mol. The van der Waals surface area contributed by atoms with E-state index in [4.69, 9.17) is 0 Å². The minimum Gasteiger partial charge on any atom is -0.339 e. The molecule has 0 saturated heterocycles. The van der Waals surface area contributed by atoms with Gasteiger partial charge < -0.3 is 4.90 Å². The van der Waals surface area contributed by atoms with E-state index in [1.54, 1.807) is 0 Å². The molecule has 1 aliphatic heterocycles. The first kappa shape index (κ1) is 12.3. The lowest BCUT2D eigenvalue weighted by Crippen LogP contribution is -2.46. The van der Waals surface area contributed by atoms with Gasteiger partial charge in [0.05, 0.1) is 0 Å². The normalized spacial score (nSPS) is 21.9. The molecule has 1 rings (SSSR count). The molecule has 88 valence electrons. The Balaban J connectivity index is 2.69. The smallest absolute Gasteiger partial charge is 0.121 e. The topological polar surface area (TPSA) is 18.8 Å². The van der Waals surface area contributed by atoms with Crippen LogP contribution in [-0.2, 0) is 0 Å². The van der Waals surface area contributed by atoms with Crippen molar-refractivity contribution in [1.29, 1.82) is 0 Å². The van der Waals surface area contributed by atoms with Crippen molar-refractivity contribution in [2.24, 2.45) is 16.4 Å². The van der Waals surface area contributed by atoms with Crippen LogP contribution >= 0.6 is 0 Å². The minimum absolute atomic E-state index is 0.322. The van der Waals surface area contributed by atoms with Crippen LogP contribution in [0.5, 0.6) is 0 Å². The monoisotopic (exact) mass is 211 g/mol. The van der Waals surface area contributed by atoms with E-state index in [0.29, 0.717) is 17.5 Å². The highest BCUT2D eigenvalue weighted by molar-refractivity contribution is 5.57. The first-order valence-corrected chi connectivity index (χ1v) is 5.91. The van der Waals surface area contributed by atoms with Gasteiger partial charge in [-0.1, -0.05) is 34.6 Å². The number of rotatable bonds is 3. The average Bonchev–Trinajstić information content (AvgIpc) is 2.44. The second-order valence-electron chi connectivity index (χ2n) is 5.88. The summed E-state index contributed by atoms with van der Waals surface area (Å²) in [7, 11) is 0. The van der Waals surface area contributed by atoms with Gasteiger partial charge in [-0.05, 0) is 18.3 Å². The van der Waals surface area contributed by atoms with Gasteiger partial charge in [-0.25, -0.2) is 0 Å². The number of nitrogens with zero attached hydrogens (tertiary/aromatic N) is 3. The van der Waals surface area contributed by atoms with Crippen molar-refractivity contribution in [3.05, 3.63) is 0 Å². The molecule has 1 heterocycles. The van der Waals surface area contributed by atoms with Gasteiger partial charge in [-0.3, -0.25) is 5.01 Å². The number of hydrazone groups is 1. The summed E-state index contributed by atoms with van der Waals surface area (Å²) in [6.45, 7) is 15.5. The zero-order valence-corrected chi connectivity index (χ0v) is 11.0. The Kier molecular flexibility index (Phi) is 3.63. The minimum atomic E-state index is 0.322. The van der Waals surface area contributed by atoms with Gasteiger partial charge in [0.15, 0.2) is 0 Å². The summed E-state index contributed by atoms with van der Waals surface area (Å²) in [4.78, 5) is 2.37. The van der Waals surface area contributed by atoms with Gasteiger partial charge >= 0.3 is 0 Å². The first-order valence-electron chi connectivity index (χ1n) is 5.91. The molecule has 0 amide bonds. The van der Waals surface area contributed by atoms with Crippen molar-refractivity contribution >= 4 is 6.34 Å². The van der Waals surface area contributed by atoms with Gasteiger partial charge in [0.25, 0.3) is 0 Å². The van der Waals surface area contributed by atoms with Crippen molar-refractivity contribution in [2.45, 2.75) is 47.7 Å². The van der Waals surface area contributed by atoms with E-state index in [-0.39, 0.29) is 0 Å². The fourth-order valence-electron chi connectivity index (χ4n) is 2.12. The van der Waals surface area contributed by atoms with Gasteiger partial charge in [-0.2, -0.15) is 5.10 Å². The quantitative estimate of drug-likeness (QED) is 0.714. The van der Waals surface area contributed by atoms with Crippen LogP contribution in [0.4, 0.5) is 0 Å². The molecule has 0 saturated carbocycles. The predicted molar refractivity (Wildman–Crippen MR) is 65.7 cm³/mol. The Hall–Kier alpha value is -0.730. The molecule has 0 aliphatic carbocycles. The molecular formula is C12H25N3. The van der Waals surface area contributed by atoms with E-state index >= 15 is 0 Å². The lowest BCUT2D eigenvalue weighted by molar-refractivity contribution is 0.0752. The SMILES string of the molecule is CCN1N=CN(CC(C)(C)C)C1C(C)C. The second kappa shape index (κ2) is 4.42. The van der Waals surface area contributed by atoms with Crippen LogP contribution in [0.15, 0.2) is 5.10 Å². The molecule has 1 aliphatic rings. The average molecular weight is 211 g/mol. The maximum Gasteiger partial charge on any atom is 0.121 e. The summed E-state index contributed by atoms with van der Waals surface area (Å²) in [6.07, 6.45) is 2.44. The molecule has 1 atom stereocenters. The first-order chi connectivity index (χ1) is 6.85. The Labute approximate surface area is 94.1 Å². The molecule has 0 spiro atoms. The van der Waals surface area contributed by atoms with Gasteiger partial charge in [0.2, 0.25) is 0 Å². The third-order valence-corrected chi connectivity index (χ3v) is 2.57. The van der Waals surface area contributed by atoms with Crippen LogP contribution in [0, 0.1) is 11.3 Å². The van der Waals surface area contributed by atoms with E-state index in [0.717, 1.165) is 13.1 Å². The molecule has 3 nitrogen and oxygen atoms in total. The third-order valence-electron chi connectivity index (χ3n) is 2.57. The van der Waals surface area contributed by atoms with Crippen LogP contribution in [-0.4, -0.2) is 35.5 Å². The fraction of sp³-hybridized carbons (Fsp3) is 0.917. The standard InChI is InChI=1S/C12H25N3/c1-7-15-11(10(2)3)14(9-13-15)8-12(4,5)6/h9-11H,7-8H2,1-6H3. The predicted octanol–water partition coefficient (Wildman–Crippen LogP) is 2.60. The lowest BCUT2D eigenvalue weighted by Gasteiger charge is -2.36. The largest absolute Gasteiger partial charge is 0.339 e. The highest BCUT2D eigenvalue weighted by Crippen LogP contribution is 2.24. The van der Waals surface area contributed by atoms with Crippen molar-refractivity contribution < 1.29 is 0 Å². The molecule has 0 radical (unpaired) electrons. The Morgan fingerprint density at radius 3 is 2.33 bits per heavy atom. The Morgan fingerprint density at radius 2 is 1.93 bits per heavy atom. The number of hydrogen-bond acceptors (Lipinski definition) is 3. The zero-order chi connectivity index (χ0) is 11.6. The highest BCUT2D eigenvalue weighted by atomic mass is 15.6. The van der Waals surface area contributed by atoms with E-state index in [2.05, 4.69) is 56.6 Å². The molecule has 0 N–H and O–H groups in total. The summed E-state index contributed by atoms with van der Waals surface area (Å²) < 4.78 is 0. The van der Waals surface area contributed by atoms with Crippen molar-refractivity contribution in [3.8, 4) is 0 Å². The summed E-state index contributed by atoms with van der Waals surface area (Å²) in [5.74, 6) is 0.606. The molecule has 0 aromatic heterocycles. The van der Waals surface area contributed by atoms with Crippen molar-refractivity contribution in [1.82, 2.24) is 9.91 Å². The Morgan fingerprint density at radius 1 is 1.33 bits per heavy atom. The zero-order valence-electron chi connectivity index (χ0n) is 11.0. The summed E-state index contributed by atoms with van der Waals surface area (Å²) in [5.41, 5.74) is 0.322. The van der Waals surface area contributed by atoms with E-state index in [1.165, 1.54) is 0 Å². The molecule has 3 heteroatoms. The lowest BCUT2D eigenvalue weighted by atomic mass is 9.95. The highest BCUT2D eigenvalue weighted by Gasteiger charge is 2.31. The van der Waals surface area contributed by atoms with E-state index in [9.17, 15) is 0 Å². The van der Waals surface area contributed by atoms with E-state index < -0.39 is 0 Å². The fourth-order valence-corrected chi connectivity index (χ4v) is 2.12. The van der Waals surface area contributed by atoms with Crippen LogP contribution in [0.2, 0.25) is 0 Å². The summed E-state index contributed by atoms with van der Waals surface area (Å²) in [6, 6.07) is 0. The molecule has 0 bridgehead atoms. The number of hydrogen-bond donors (Lipinski definition) is 0. The molecule has 0 aromatic carbocycles. The Bertz CT molecular complexity index is 228. The van der Waals surface area contributed by atoms with Crippen LogP contribution in [0.25, 0.3) is 0 Å². The molecule has 0 fully saturated rings. The molecule has 15 heavy (non-hydrogen) atoms. The van der Waals surface area contributed by atoms with Crippen LogP contribution < -0.4 is 0 Å². The van der Waals surface area contributed by atoms with Crippen molar-refractivity contribution in [3.63, 3.8) is 0 Å². The summed E-state index contributed by atoms with van der Waals surface area (Å²) in [5, 5.41) is 6.63. The van der Waals surface area contributed by atoms with Gasteiger partial charge in [-0.15, -0.1) is 0 Å².